The molecular formula is C19H25N3O6. The number of aliphatic carboxylic acids is 1. The Kier molecular flexibility index (Phi) is 6.35. The highest BCUT2D eigenvalue weighted by Gasteiger charge is 2.31. The van der Waals surface area contributed by atoms with E-state index in [-0.39, 0.29) is 24.9 Å². The number of hydrogen-bond acceptors (Lipinski definition) is 6. The maximum absolute atomic E-state index is 12.7. The minimum absolute atomic E-state index is 0.0196. The molecule has 1 aromatic rings. The predicted octanol–water partition coefficient (Wildman–Crippen LogP) is 0.794. The van der Waals surface area contributed by atoms with Crippen LogP contribution in [0.25, 0.3) is 0 Å². The number of carboxylic acid groups (broad SMARTS) is 1. The molecule has 0 bridgehead atoms. The van der Waals surface area contributed by atoms with E-state index in [4.69, 9.17) is 14.6 Å². The zero-order valence-corrected chi connectivity index (χ0v) is 15.8. The van der Waals surface area contributed by atoms with Gasteiger partial charge in [-0.15, -0.1) is 0 Å². The van der Waals surface area contributed by atoms with Crippen LogP contribution in [-0.2, 0) is 14.4 Å². The second kappa shape index (κ2) is 8.92. The van der Waals surface area contributed by atoms with E-state index in [1.54, 1.807) is 30.1 Å². The fourth-order valence-electron chi connectivity index (χ4n) is 3.47. The largest absolute Gasteiger partial charge is 0.486 e. The highest BCUT2D eigenvalue weighted by Crippen LogP contribution is 2.32. The second-order valence-electron chi connectivity index (χ2n) is 6.99. The summed E-state index contributed by atoms with van der Waals surface area (Å²) in [5.41, 5.74) is 0.586. The smallest absolute Gasteiger partial charge is 0.323 e. The van der Waals surface area contributed by atoms with Crippen molar-refractivity contribution < 1.29 is 29.0 Å². The molecule has 28 heavy (non-hydrogen) atoms. The van der Waals surface area contributed by atoms with E-state index in [1.165, 1.54) is 4.90 Å². The third-order valence-electron chi connectivity index (χ3n) is 4.83. The van der Waals surface area contributed by atoms with Gasteiger partial charge in [-0.25, -0.2) is 0 Å². The molecule has 0 spiro atoms. The van der Waals surface area contributed by atoms with E-state index >= 15 is 0 Å². The number of nitrogens with one attached hydrogen (secondary N) is 1. The van der Waals surface area contributed by atoms with E-state index in [0.717, 1.165) is 12.8 Å². The fraction of sp³-hybridized carbons (Fsp3) is 0.526. The first-order valence-electron chi connectivity index (χ1n) is 9.34. The number of benzene rings is 1. The molecule has 0 aliphatic carbocycles. The number of likely N-dealkylation sites (N-methyl/N-ethyl adjacent to an activating group) is 1. The van der Waals surface area contributed by atoms with Crippen LogP contribution in [0.1, 0.15) is 19.3 Å². The molecular weight excluding hydrogens is 366 g/mol. The molecule has 152 valence electrons. The summed E-state index contributed by atoms with van der Waals surface area (Å²) in [5, 5.41) is 11.8. The van der Waals surface area contributed by atoms with E-state index < -0.39 is 12.0 Å². The highest BCUT2D eigenvalue weighted by atomic mass is 16.6. The molecule has 9 nitrogen and oxygen atoms in total. The summed E-state index contributed by atoms with van der Waals surface area (Å²) in [6, 6.07) is 4.67. The second-order valence-corrected chi connectivity index (χ2v) is 6.99. The lowest BCUT2D eigenvalue weighted by Crippen LogP contribution is -2.49. The molecule has 2 heterocycles. The summed E-state index contributed by atoms with van der Waals surface area (Å²) in [6.45, 7) is 1.10. The molecule has 1 unspecified atom stereocenters. The van der Waals surface area contributed by atoms with Crippen molar-refractivity contribution >= 4 is 23.5 Å². The van der Waals surface area contributed by atoms with Gasteiger partial charge in [-0.3, -0.25) is 19.3 Å². The maximum Gasteiger partial charge on any atom is 0.323 e. The Labute approximate surface area is 163 Å². The van der Waals surface area contributed by atoms with E-state index in [9.17, 15) is 14.4 Å². The minimum Gasteiger partial charge on any atom is -0.486 e. The Hall–Kier alpha value is -2.81. The lowest BCUT2D eigenvalue weighted by molar-refractivity contribution is -0.146. The van der Waals surface area contributed by atoms with Crippen molar-refractivity contribution in [3.05, 3.63) is 18.2 Å². The van der Waals surface area contributed by atoms with Crippen LogP contribution in [0, 0.1) is 0 Å². The monoisotopic (exact) mass is 391 g/mol. The van der Waals surface area contributed by atoms with Crippen LogP contribution in [-0.4, -0.2) is 78.6 Å². The molecule has 2 amide bonds. The molecule has 1 atom stereocenters. The van der Waals surface area contributed by atoms with E-state index in [2.05, 4.69) is 5.32 Å². The summed E-state index contributed by atoms with van der Waals surface area (Å²) in [4.78, 5) is 39.2. The number of carbonyl (C=O) groups excluding carboxylic acids is 2. The highest BCUT2D eigenvalue weighted by molar-refractivity contribution is 5.93. The molecule has 0 saturated carbocycles. The minimum atomic E-state index is -1.03. The predicted molar refractivity (Wildman–Crippen MR) is 101 cm³/mol. The third-order valence-corrected chi connectivity index (χ3v) is 4.83. The average molecular weight is 391 g/mol. The van der Waals surface area contributed by atoms with Gasteiger partial charge in [0.05, 0.1) is 12.6 Å². The van der Waals surface area contributed by atoms with Crippen LogP contribution in [0.3, 0.4) is 0 Å². The Morgan fingerprint density at radius 2 is 2.00 bits per heavy atom. The average Bonchev–Trinajstić information content (AvgIpc) is 2.83. The van der Waals surface area contributed by atoms with Crippen molar-refractivity contribution in [1.29, 1.82) is 0 Å². The standard InChI is InChI=1S/C19H25N3O6/c1-21(14-4-2-3-7-22(19(14)26)12-18(24)25)11-17(23)20-13-5-6-15-16(10-13)28-9-8-27-15/h5-6,10,14H,2-4,7-9,11-12H2,1H3,(H,20,23)(H,24,25). The Balaban J connectivity index is 1.59. The van der Waals surface area contributed by atoms with Crippen LogP contribution in [0.5, 0.6) is 11.5 Å². The number of hydrogen-bond donors (Lipinski definition) is 2. The number of ether oxygens (including phenoxy) is 2. The van der Waals surface area contributed by atoms with Gasteiger partial charge in [0.1, 0.15) is 19.8 Å². The normalized spacial score (nSPS) is 19.3. The van der Waals surface area contributed by atoms with Crippen LogP contribution < -0.4 is 14.8 Å². The molecule has 1 fully saturated rings. The molecule has 2 aliphatic heterocycles. The van der Waals surface area contributed by atoms with Gasteiger partial charge in [0.2, 0.25) is 11.8 Å². The van der Waals surface area contributed by atoms with Crippen molar-refractivity contribution in [3.63, 3.8) is 0 Å². The zero-order valence-electron chi connectivity index (χ0n) is 15.8. The fourth-order valence-corrected chi connectivity index (χ4v) is 3.47. The summed E-state index contributed by atoms with van der Waals surface area (Å²) in [6.07, 6.45) is 2.16. The lowest BCUT2D eigenvalue weighted by Gasteiger charge is -2.29. The van der Waals surface area contributed by atoms with Crippen molar-refractivity contribution in [2.45, 2.75) is 25.3 Å². The van der Waals surface area contributed by atoms with Crippen LogP contribution in [0.15, 0.2) is 18.2 Å². The Morgan fingerprint density at radius 1 is 1.25 bits per heavy atom. The lowest BCUT2D eigenvalue weighted by atomic mass is 10.1. The number of nitrogens with zero attached hydrogens (tertiary/aromatic N) is 2. The molecule has 0 aromatic heterocycles. The first kappa shape index (κ1) is 19.9. The van der Waals surface area contributed by atoms with Gasteiger partial charge in [0.25, 0.3) is 0 Å². The van der Waals surface area contributed by atoms with Crippen molar-refractivity contribution in [1.82, 2.24) is 9.80 Å². The number of anilines is 1. The van der Waals surface area contributed by atoms with Gasteiger partial charge in [0.15, 0.2) is 11.5 Å². The third kappa shape index (κ3) is 4.92. The maximum atomic E-state index is 12.7. The molecule has 2 N–H and O–H groups in total. The number of fused-ring (bicyclic) bond motifs is 1. The number of likely N-dealkylation sites (tertiary alicyclic amines) is 1. The van der Waals surface area contributed by atoms with Gasteiger partial charge >= 0.3 is 5.97 Å². The zero-order chi connectivity index (χ0) is 20.1. The molecule has 9 heteroatoms. The van der Waals surface area contributed by atoms with Crippen LogP contribution in [0.2, 0.25) is 0 Å². The number of rotatable bonds is 6. The van der Waals surface area contributed by atoms with Gasteiger partial charge in [0, 0.05) is 18.3 Å². The van der Waals surface area contributed by atoms with Crippen LogP contribution in [0.4, 0.5) is 5.69 Å². The Morgan fingerprint density at radius 3 is 2.75 bits per heavy atom. The molecule has 0 radical (unpaired) electrons. The van der Waals surface area contributed by atoms with Gasteiger partial charge in [-0.05, 0) is 38.4 Å². The van der Waals surface area contributed by atoms with E-state index in [0.29, 0.717) is 43.4 Å². The SMILES string of the molecule is CN(CC(=O)Nc1ccc2c(c1)OCCO2)C1CCCCN(CC(=O)O)C1=O. The van der Waals surface area contributed by atoms with Gasteiger partial charge < -0.3 is 24.8 Å². The summed E-state index contributed by atoms with van der Waals surface area (Å²) >= 11 is 0. The molecule has 2 aliphatic rings. The van der Waals surface area contributed by atoms with Gasteiger partial charge in [-0.2, -0.15) is 0 Å². The topological polar surface area (TPSA) is 108 Å². The molecule has 1 saturated heterocycles. The number of amides is 2. The quantitative estimate of drug-likeness (QED) is 0.738. The van der Waals surface area contributed by atoms with Crippen molar-refractivity contribution in [2.75, 3.05) is 45.2 Å². The summed E-state index contributed by atoms with van der Waals surface area (Å²) in [5.74, 6) is -0.312. The van der Waals surface area contributed by atoms with Crippen molar-refractivity contribution in [2.24, 2.45) is 0 Å². The summed E-state index contributed by atoms with van der Waals surface area (Å²) < 4.78 is 11.0. The molecule has 1 aromatic carbocycles. The first-order chi connectivity index (χ1) is 13.4. The number of carbonyl (C=O) groups is 3. The summed E-state index contributed by atoms with van der Waals surface area (Å²) in [7, 11) is 1.70. The van der Waals surface area contributed by atoms with Crippen molar-refractivity contribution in [3.8, 4) is 11.5 Å². The van der Waals surface area contributed by atoms with Gasteiger partial charge in [-0.1, -0.05) is 0 Å². The Bertz CT molecular complexity index is 753. The van der Waals surface area contributed by atoms with E-state index in [1.807, 2.05) is 0 Å². The molecule has 3 rings (SSSR count). The van der Waals surface area contributed by atoms with Crippen LogP contribution >= 0.6 is 0 Å². The first-order valence-corrected chi connectivity index (χ1v) is 9.34. The number of carboxylic acids is 1.